The monoisotopic (exact) mass is 396 g/mol. The number of ether oxygens (including phenoxy) is 1. The summed E-state index contributed by atoms with van der Waals surface area (Å²) >= 11 is 0. The van der Waals surface area contributed by atoms with E-state index in [-0.39, 0.29) is 23.4 Å². The molecule has 0 aliphatic rings. The molecule has 0 aromatic heterocycles. The van der Waals surface area contributed by atoms with Crippen molar-refractivity contribution in [3.05, 3.63) is 0 Å². The number of hydrogen-bond acceptors (Lipinski definition) is 2. The maximum Gasteiger partial charge on any atom is 0.309 e. The van der Waals surface area contributed by atoms with Crippen LogP contribution < -0.4 is 0 Å². The fraction of sp³-hybridized carbons (Fsp3) is 0.962. The van der Waals surface area contributed by atoms with Gasteiger partial charge in [-0.2, -0.15) is 0 Å². The summed E-state index contributed by atoms with van der Waals surface area (Å²) in [6, 6.07) is 0. The van der Waals surface area contributed by atoms with Crippen LogP contribution in [0.15, 0.2) is 0 Å². The van der Waals surface area contributed by atoms with Crippen molar-refractivity contribution in [1.82, 2.24) is 0 Å². The van der Waals surface area contributed by atoms with Crippen molar-refractivity contribution >= 4 is 5.97 Å². The number of hydrogen-bond donors (Lipinski definition) is 0. The van der Waals surface area contributed by atoms with Crippen molar-refractivity contribution in [2.75, 3.05) is 0 Å². The van der Waals surface area contributed by atoms with Crippen molar-refractivity contribution in [1.29, 1.82) is 0 Å². The molecule has 2 heteroatoms. The predicted octanol–water partition coefficient (Wildman–Crippen LogP) is 8.86. The minimum atomic E-state index is -0.0156. The van der Waals surface area contributed by atoms with Crippen LogP contribution in [0.3, 0.4) is 0 Å². The molecule has 2 unspecified atom stereocenters. The fourth-order valence-corrected chi connectivity index (χ4v) is 3.95. The molecule has 0 spiro atoms. The molecule has 0 heterocycles. The van der Waals surface area contributed by atoms with E-state index in [2.05, 4.69) is 41.5 Å². The molecule has 0 saturated heterocycles. The second kappa shape index (κ2) is 17.3. The summed E-state index contributed by atoms with van der Waals surface area (Å²) in [7, 11) is 0. The van der Waals surface area contributed by atoms with E-state index in [1.54, 1.807) is 0 Å². The third-order valence-corrected chi connectivity index (χ3v) is 5.97. The van der Waals surface area contributed by atoms with Gasteiger partial charge in [0.2, 0.25) is 0 Å². The molecule has 0 rings (SSSR count). The van der Waals surface area contributed by atoms with E-state index in [0.29, 0.717) is 0 Å². The Bertz CT molecular complexity index is 356. The van der Waals surface area contributed by atoms with Gasteiger partial charge in [-0.1, -0.05) is 112 Å². The molecule has 2 atom stereocenters. The van der Waals surface area contributed by atoms with Crippen molar-refractivity contribution in [3.8, 4) is 0 Å². The summed E-state index contributed by atoms with van der Waals surface area (Å²) in [6.07, 6.45) is 19.7. The zero-order valence-corrected chi connectivity index (χ0v) is 20.3. The van der Waals surface area contributed by atoms with Crippen LogP contribution in [0.1, 0.15) is 144 Å². The first-order valence-electron chi connectivity index (χ1n) is 12.6. The summed E-state index contributed by atoms with van der Waals surface area (Å²) in [5, 5.41) is 0. The molecular formula is C26H52O2. The van der Waals surface area contributed by atoms with Gasteiger partial charge in [0.25, 0.3) is 0 Å². The Morgan fingerprint density at radius 3 is 1.54 bits per heavy atom. The van der Waals surface area contributed by atoms with E-state index in [1.807, 2.05) is 0 Å². The zero-order valence-electron chi connectivity index (χ0n) is 20.3. The van der Waals surface area contributed by atoms with Gasteiger partial charge in [0, 0.05) is 0 Å². The molecule has 168 valence electrons. The van der Waals surface area contributed by atoms with E-state index in [0.717, 1.165) is 32.1 Å². The van der Waals surface area contributed by atoms with Crippen LogP contribution >= 0.6 is 0 Å². The molecule has 28 heavy (non-hydrogen) atoms. The highest BCUT2D eigenvalue weighted by Gasteiger charge is 2.33. The second-order valence-corrected chi connectivity index (χ2v) is 9.88. The van der Waals surface area contributed by atoms with Crippen molar-refractivity contribution in [2.45, 2.75) is 150 Å². The minimum Gasteiger partial charge on any atom is -0.462 e. The number of carbonyl (C=O) groups is 1. The molecule has 0 N–H and O–H groups in total. The van der Waals surface area contributed by atoms with E-state index in [4.69, 9.17) is 4.74 Å². The van der Waals surface area contributed by atoms with Gasteiger partial charge < -0.3 is 4.74 Å². The highest BCUT2D eigenvalue weighted by molar-refractivity contribution is 5.73. The lowest BCUT2D eigenvalue weighted by molar-refractivity contribution is -0.159. The summed E-state index contributed by atoms with van der Waals surface area (Å²) in [4.78, 5) is 13.0. The predicted molar refractivity (Wildman–Crippen MR) is 124 cm³/mol. The van der Waals surface area contributed by atoms with Gasteiger partial charge in [-0.25, -0.2) is 0 Å². The lowest BCUT2D eigenvalue weighted by atomic mass is 9.78. The quantitative estimate of drug-likeness (QED) is 0.171. The molecule has 0 bridgehead atoms. The smallest absolute Gasteiger partial charge is 0.309 e. The molecule has 0 aromatic carbocycles. The van der Waals surface area contributed by atoms with Crippen molar-refractivity contribution in [3.63, 3.8) is 0 Å². The van der Waals surface area contributed by atoms with Crippen LogP contribution in [-0.4, -0.2) is 12.1 Å². The fourth-order valence-electron chi connectivity index (χ4n) is 3.95. The number of unbranched alkanes of at least 4 members (excludes halogenated alkanes) is 10. The summed E-state index contributed by atoms with van der Waals surface area (Å²) in [5.74, 6) is 0.0871. The SMILES string of the molecule is CCCCCCCCCC(CCCCCC)OC(=O)C(CCCC)C(C)(C)C. The Hall–Kier alpha value is -0.530. The maximum absolute atomic E-state index is 13.0. The van der Waals surface area contributed by atoms with Gasteiger partial charge in [-0.05, 0) is 37.5 Å². The first kappa shape index (κ1) is 27.5. The van der Waals surface area contributed by atoms with Crippen molar-refractivity contribution in [2.24, 2.45) is 11.3 Å². The third kappa shape index (κ3) is 14.5. The second-order valence-electron chi connectivity index (χ2n) is 9.88. The zero-order chi connectivity index (χ0) is 21.3. The Morgan fingerprint density at radius 2 is 1.07 bits per heavy atom. The third-order valence-electron chi connectivity index (χ3n) is 5.97. The Balaban J connectivity index is 4.55. The summed E-state index contributed by atoms with van der Waals surface area (Å²) in [6.45, 7) is 13.3. The maximum atomic E-state index is 13.0. The van der Waals surface area contributed by atoms with Gasteiger partial charge in [0.15, 0.2) is 0 Å². The van der Waals surface area contributed by atoms with Gasteiger partial charge in [0.1, 0.15) is 6.10 Å². The van der Waals surface area contributed by atoms with Crippen LogP contribution in [0.5, 0.6) is 0 Å². The van der Waals surface area contributed by atoms with Crippen molar-refractivity contribution < 1.29 is 9.53 Å². The topological polar surface area (TPSA) is 26.3 Å². The number of carbonyl (C=O) groups excluding carboxylic acids is 1. The number of esters is 1. The average molecular weight is 397 g/mol. The highest BCUT2D eigenvalue weighted by atomic mass is 16.5. The molecule has 0 aliphatic carbocycles. The minimum absolute atomic E-state index is 0.0156. The first-order valence-corrected chi connectivity index (χ1v) is 12.6. The molecule has 0 aliphatic heterocycles. The lowest BCUT2D eigenvalue weighted by Gasteiger charge is -2.30. The lowest BCUT2D eigenvalue weighted by Crippen LogP contribution is -2.33. The number of rotatable bonds is 18. The Morgan fingerprint density at radius 1 is 0.643 bits per heavy atom. The average Bonchev–Trinajstić information content (AvgIpc) is 2.63. The van der Waals surface area contributed by atoms with Crippen LogP contribution in [0.25, 0.3) is 0 Å². The van der Waals surface area contributed by atoms with Gasteiger partial charge in [-0.3, -0.25) is 4.79 Å². The molecule has 0 amide bonds. The van der Waals surface area contributed by atoms with Crippen LogP contribution in [0.4, 0.5) is 0 Å². The molecule has 2 nitrogen and oxygen atoms in total. The molecular weight excluding hydrogens is 344 g/mol. The molecule has 0 radical (unpaired) electrons. The molecule has 0 fully saturated rings. The Kier molecular flexibility index (Phi) is 17.0. The van der Waals surface area contributed by atoms with Crippen LogP contribution in [0, 0.1) is 11.3 Å². The Labute approximate surface area is 177 Å². The van der Waals surface area contributed by atoms with Crippen LogP contribution in [-0.2, 0) is 9.53 Å². The van der Waals surface area contributed by atoms with E-state index in [1.165, 1.54) is 70.6 Å². The summed E-state index contributed by atoms with van der Waals surface area (Å²) < 4.78 is 6.12. The standard InChI is InChI=1S/C26H52O2/c1-7-10-13-15-16-17-19-21-23(20-18-14-11-8-2)28-25(27)24(22-12-9-3)26(4,5)6/h23-24H,7-22H2,1-6H3. The summed E-state index contributed by atoms with van der Waals surface area (Å²) in [5.41, 5.74) is -0.0156. The molecule has 0 saturated carbocycles. The van der Waals surface area contributed by atoms with E-state index < -0.39 is 0 Å². The first-order chi connectivity index (χ1) is 13.4. The van der Waals surface area contributed by atoms with Gasteiger partial charge in [-0.15, -0.1) is 0 Å². The highest BCUT2D eigenvalue weighted by Crippen LogP contribution is 2.32. The van der Waals surface area contributed by atoms with E-state index in [9.17, 15) is 4.79 Å². The largest absolute Gasteiger partial charge is 0.462 e. The van der Waals surface area contributed by atoms with Gasteiger partial charge in [0.05, 0.1) is 5.92 Å². The normalized spacial score (nSPS) is 14.1. The van der Waals surface area contributed by atoms with E-state index >= 15 is 0 Å². The van der Waals surface area contributed by atoms with Crippen LogP contribution in [0.2, 0.25) is 0 Å². The van der Waals surface area contributed by atoms with Gasteiger partial charge >= 0.3 is 5.97 Å². The molecule has 0 aromatic rings.